The first-order valence-corrected chi connectivity index (χ1v) is 4.97. The summed E-state index contributed by atoms with van der Waals surface area (Å²) in [4.78, 5) is 23.6. The van der Waals surface area contributed by atoms with Crippen molar-refractivity contribution in [1.29, 1.82) is 0 Å². The minimum atomic E-state index is -0.830. The van der Waals surface area contributed by atoms with Crippen LogP contribution in [0.3, 0.4) is 0 Å². The van der Waals surface area contributed by atoms with Gasteiger partial charge in [0.15, 0.2) is 0 Å². The van der Waals surface area contributed by atoms with Crippen molar-refractivity contribution in [2.45, 2.75) is 32.2 Å². The number of carbonyl (C=O) groups excluding carboxylic acids is 1. The molecule has 5 heteroatoms. The minimum absolute atomic E-state index is 0.0320. The maximum absolute atomic E-state index is 11.8. The molecule has 0 aromatic rings. The van der Waals surface area contributed by atoms with E-state index in [0.29, 0.717) is 13.0 Å². The van der Waals surface area contributed by atoms with Crippen LogP contribution in [0.25, 0.3) is 0 Å². The normalized spacial score (nSPS) is 11.2. The number of hydrogen-bond donors (Lipinski definition) is 2. The Hall–Kier alpha value is -1.10. The Morgan fingerprint density at radius 2 is 1.93 bits per heavy atom. The van der Waals surface area contributed by atoms with Crippen LogP contribution in [0, 0.1) is 0 Å². The van der Waals surface area contributed by atoms with Gasteiger partial charge in [-0.25, -0.2) is 0 Å². The van der Waals surface area contributed by atoms with E-state index >= 15 is 0 Å². The third kappa shape index (κ3) is 4.78. The van der Waals surface area contributed by atoms with Crippen LogP contribution in [0.1, 0.15) is 26.7 Å². The van der Waals surface area contributed by atoms with Crippen molar-refractivity contribution < 1.29 is 14.7 Å². The summed E-state index contributed by atoms with van der Waals surface area (Å²) in [7, 11) is 3.41. The van der Waals surface area contributed by atoms with E-state index in [9.17, 15) is 9.59 Å². The van der Waals surface area contributed by atoms with Gasteiger partial charge >= 0.3 is 5.97 Å². The molecule has 1 amide bonds. The molecule has 0 aromatic carbocycles. The number of likely N-dealkylation sites (N-methyl/N-ethyl adjacent to an activating group) is 2. The van der Waals surface area contributed by atoms with Crippen molar-refractivity contribution in [2.75, 3.05) is 20.6 Å². The van der Waals surface area contributed by atoms with Crippen molar-refractivity contribution in [3.05, 3.63) is 0 Å². The van der Waals surface area contributed by atoms with Crippen LogP contribution in [-0.4, -0.2) is 48.1 Å². The van der Waals surface area contributed by atoms with E-state index in [2.05, 4.69) is 5.32 Å². The third-order valence-electron chi connectivity index (χ3n) is 2.39. The highest BCUT2D eigenvalue weighted by Gasteiger charge is 2.27. The molecule has 0 radical (unpaired) electrons. The summed E-state index contributed by atoms with van der Waals surface area (Å²) in [5.41, 5.74) is -0.599. The summed E-state index contributed by atoms with van der Waals surface area (Å²) in [6, 6.07) is 0. The molecule has 0 unspecified atom stereocenters. The summed E-state index contributed by atoms with van der Waals surface area (Å²) in [5, 5.41) is 11.4. The van der Waals surface area contributed by atoms with Crippen molar-refractivity contribution in [3.63, 3.8) is 0 Å². The number of hydrogen-bond acceptors (Lipinski definition) is 3. The number of nitrogens with one attached hydrogen (secondary N) is 1. The molecule has 15 heavy (non-hydrogen) atoms. The number of carbonyl (C=O) groups is 2. The lowest BCUT2D eigenvalue weighted by Gasteiger charge is -2.28. The molecule has 5 nitrogen and oxygen atoms in total. The second-order valence-electron chi connectivity index (χ2n) is 4.10. The smallest absolute Gasteiger partial charge is 0.303 e. The highest BCUT2D eigenvalue weighted by atomic mass is 16.4. The molecule has 0 atom stereocenters. The number of aliphatic carboxylic acids is 1. The Morgan fingerprint density at radius 1 is 1.40 bits per heavy atom. The Bertz CT molecular complexity index is 239. The van der Waals surface area contributed by atoms with Crippen molar-refractivity contribution in [2.24, 2.45) is 0 Å². The predicted molar refractivity (Wildman–Crippen MR) is 57.6 cm³/mol. The van der Waals surface area contributed by atoms with E-state index in [1.165, 1.54) is 0 Å². The fourth-order valence-corrected chi connectivity index (χ4v) is 1.15. The molecule has 0 bridgehead atoms. The zero-order valence-corrected chi connectivity index (χ0v) is 9.83. The van der Waals surface area contributed by atoms with Crippen LogP contribution in [0.5, 0.6) is 0 Å². The van der Waals surface area contributed by atoms with E-state index in [-0.39, 0.29) is 12.3 Å². The average Bonchev–Trinajstić information content (AvgIpc) is 2.15. The Labute approximate surface area is 90.5 Å². The van der Waals surface area contributed by atoms with Crippen LogP contribution in [-0.2, 0) is 9.59 Å². The molecule has 0 fully saturated rings. The number of rotatable bonds is 6. The average molecular weight is 216 g/mol. The van der Waals surface area contributed by atoms with Crippen LogP contribution >= 0.6 is 0 Å². The fraction of sp³-hybridized carbons (Fsp3) is 0.800. The maximum atomic E-state index is 11.8. The van der Waals surface area contributed by atoms with Crippen LogP contribution in [0.4, 0.5) is 0 Å². The van der Waals surface area contributed by atoms with Gasteiger partial charge in [0.1, 0.15) is 0 Å². The molecule has 0 rings (SSSR count). The van der Waals surface area contributed by atoms with Gasteiger partial charge in [-0.15, -0.1) is 0 Å². The number of amides is 1. The Kier molecular flexibility index (Phi) is 5.28. The van der Waals surface area contributed by atoms with Gasteiger partial charge in [0, 0.05) is 20.0 Å². The molecule has 0 spiro atoms. The molecule has 0 aliphatic heterocycles. The molecular weight excluding hydrogens is 196 g/mol. The number of nitrogens with zero attached hydrogens (tertiary/aromatic N) is 1. The minimum Gasteiger partial charge on any atom is -0.481 e. The van der Waals surface area contributed by atoms with Crippen LogP contribution < -0.4 is 5.32 Å². The van der Waals surface area contributed by atoms with Gasteiger partial charge in [-0.2, -0.15) is 0 Å². The van der Waals surface area contributed by atoms with E-state index < -0.39 is 11.5 Å². The van der Waals surface area contributed by atoms with Gasteiger partial charge in [-0.3, -0.25) is 9.59 Å². The topological polar surface area (TPSA) is 69.6 Å². The Morgan fingerprint density at radius 3 is 2.33 bits per heavy atom. The lowest BCUT2D eigenvalue weighted by molar-refractivity contribution is -0.139. The summed E-state index contributed by atoms with van der Waals surface area (Å²) in [6.07, 6.45) is 0.578. The predicted octanol–water partition coefficient (Wildman–Crippen LogP) is 0.308. The summed E-state index contributed by atoms with van der Waals surface area (Å²) >= 11 is 0. The lowest BCUT2D eigenvalue weighted by atomic mass is 10.0. The van der Waals surface area contributed by atoms with Gasteiger partial charge in [0.25, 0.3) is 0 Å². The molecular formula is C10H20N2O3. The largest absolute Gasteiger partial charge is 0.481 e. The van der Waals surface area contributed by atoms with Gasteiger partial charge in [-0.1, -0.05) is 0 Å². The third-order valence-corrected chi connectivity index (χ3v) is 2.39. The van der Waals surface area contributed by atoms with E-state index in [1.54, 1.807) is 32.8 Å². The zero-order chi connectivity index (χ0) is 12.1. The zero-order valence-electron chi connectivity index (χ0n) is 9.83. The van der Waals surface area contributed by atoms with Crippen molar-refractivity contribution in [1.82, 2.24) is 10.2 Å². The second kappa shape index (κ2) is 5.70. The summed E-state index contributed by atoms with van der Waals surface area (Å²) in [5.74, 6) is -0.862. The first-order valence-electron chi connectivity index (χ1n) is 4.97. The molecule has 0 aliphatic rings. The maximum Gasteiger partial charge on any atom is 0.303 e. The van der Waals surface area contributed by atoms with Crippen molar-refractivity contribution >= 4 is 11.9 Å². The van der Waals surface area contributed by atoms with E-state index in [1.807, 2.05) is 0 Å². The molecule has 2 N–H and O–H groups in total. The molecule has 0 saturated heterocycles. The molecule has 88 valence electrons. The molecule has 0 saturated carbocycles. The number of carboxylic acid groups (broad SMARTS) is 1. The van der Waals surface area contributed by atoms with Crippen molar-refractivity contribution in [3.8, 4) is 0 Å². The first-order chi connectivity index (χ1) is 6.81. The first kappa shape index (κ1) is 13.9. The van der Waals surface area contributed by atoms with E-state index in [4.69, 9.17) is 5.11 Å². The molecule has 0 aliphatic carbocycles. The summed E-state index contributed by atoms with van der Waals surface area (Å²) < 4.78 is 0. The highest BCUT2D eigenvalue weighted by molar-refractivity contribution is 5.85. The quantitative estimate of drug-likeness (QED) is 0.670. The van der Waals surface area contributed by atoms with Gasteiger partial charge in [0.2, 0.25) is 5.91 Å². The van der Waals surface area contributed by atoms with Gasteiger partial charge < -0.3 is 15.3 Å². The van der Waals surface area contributed by atoms with Crippen LogP contribution in [0.15, 0.2) is 0 Å². The van der Waals surface area contributed by atoms with Crippen LogP contribution in [0.2, 0.25) is 0 Å². The number of carboxylic acids is 1. The lowest BCUT2D eigenvalue weighted by Crippen LogP contribution is -2.51. The monoisotopic (exact) mass is 216 g/mol. The van der Waals surface area contributed by atoms with Gasteiger partial charge in [-0.05, 0) is 27.3 Å². The SMILES string of the molecule is CNC(C)(C)C(=O)N(C)CCCC(=O)O. The Balaban J connectivity index is 4.05. The standard InChI is InChI=1S/C10H20N2O3/c1-10(2,11-3)9(15)12(4)7-5-6-8(13)14/h11H,5-7H2,1-4H3,(H,13,14). The van der Waals surface area contributed by atoms with Gasteiger partial charge in [0.05, 0.1) is 5.54 Å². The highest BCUT2D eigenvalue weighted by Crippen LogP contribution is 2.06. The second-order valence-corrected chi connectivity index (χ2v) is 4.10. The molecule has 0 heterocycles. The summed E-state index contributed by atoms with van der Waals surface area (Å²) in [6.45, 7) is 4.06. The van der Waals surface area contributed by atoms with E-state index in [0.717, 1.165) is 0 Å². The fourth-order valence-electron chi connectivity index (χ4n) is 1.15. The molecule has 0 aromatic heterocycles.